The molecule has 2 rings (SSSR count). The summed E-state index contributed by atoms with van der Waals surface area (Å²) in [5.41, 5.74) is -0.690. The van der Waals surface area contributed by atoms with Gasteiger partial charge in [-0.25, -0.2) is 0 Å². The molecule has 4 unspecified atom stereocenters. The first-order chi connectivity index (χ1) is 7.60. The zero-order valence-corrected chi connectivity index (χ0v) is 10.2. The molecule has 0 aromatic carbocycles. The fourth-order valence-corrected chi connectivity index (χ4v) is 2.49. The Morgan fingerprint density at radius 1 is 1.38 bits per heavy atom. The molecule has 4 heteroatoms. The van der Waals surface area contributed by atoms with Crippen LogP contribution >= 0.6 is 0 Å². The van der Waals surface area contributed by atoms with Crippen LogP contribution in [0.4, 0.5) is 0 Å². The topological polar surface area (TPSA) is 50.7 Å². The summed E-state index contributed by atoms with van der Waals surface area (Å²) in [6.07, 6.45) is 3.64. The van der Waals surface area contributed by atoms with Gasteiger partial charge in [0.15, 0.2) is 0 Å². The Kier molecular flexibility index (Phi) is 3.85. The normalized spacial score (nSPS) is 44.1. The van der Waals surface area contributed by atoms with Crippen molar-refractivity contribution in [2.45, 2.75) is 57.0 Å². The molecule has 0 saturated carbocycles. The highest BCUT2D eigenvalue weighted by Crippen LogP contribution is 2.25. The Hall–Kier alpha value is -0.160. The van der Waals surface area contributed by atoms with Crippen molar-refractivity contribution in [2.75, 3.05) is 19.7 Å². The smallest absolute Gasteiger partial charge is 0.105 e. The third kappa shape index (κ3) is 2.74. The monoisotopic (exact) mass is 229 g/mol. The lowest BCUT2D eigenvalue weighted by atomic mass is 9.96. The third-order valence-electron chi connectivity index (χ3n) is 3.78. The minimum Gasteiger partial charge on any atom is -0.386 e. The molecule has 0 amide bonds. The van der Waals surface area contributed by atoms with Gasteiger partial charge in [-0.2, -0.15) is 0 Å². The van der Waals surface area contributed by atoms with Gasteiger partial charge in [-0.1, -0.05) is 0 Å². The van der Waals surface area contributed by atoms with E-state index < -0.39 is 5.60 Å². The number of ether oxygens (including phenoxy) is 2. The van der Waals surface area contributed by atoms with Gasteiger partial charge in [0.25, 0.3) is 0 Å². The first kappa shape index (κ1) is 12.3. The summed E-state index contributed by atoms with van der Waals surface area (Å²) in [6, 6.07) is 0. The van der Waals surface area contributed by atoms with Crippen molar-refractivity contribution in [1.82, 2.24) is 5.32 Å². The predicted octanol–water partition coefficient (Wildman–Crippen LogP) is 0.683. The summed E-state index contributed by atoms with van der Waals surface area (Å²) in [4.78, 5) is 0. The number of rotatable bonds is 4. The lowest BCUT2D eigenvalue weighted by Crippen LogP contribution is -2.47. The molecule has 2 fully saturated rings. The van der Waals surface area contributed by atoms with Gasteiger partial charge in [0.1, 0.15) is 5.60 Å². The largest absolute Gasteiger partial charge is 0.386 e. The molecule has 0 bridgehead atoms. The van der Waals surface area contributed by atoms with Crippen LogP contribution in [0.3, 0.4) is 0 Å². The number of aliphatic hydroxyl groups is 1. The molecule has 16 heavy (non-hydrogen) atoms. The van der Waals surface area contributed by atoms with Crippen molar-refractivity contribution in [3.8, 4) is 0 Å². The van der Waals surface area contributed by atoms with Crippen LogP contribution in [0, 0.1) is 0 Å². The quantitative estimate of drug-likeness (QED) is 0.744. The van der Waals surface area contributed by atoms with Gasteiger partial charge in [-0.15, -0.1) is 0 Å². The predicted molar refractivity (Wildman–Crippen MR) is 61.4 cm³/mol. The van der Waals surface area contributed by atoms with Crippen molar-refractivity contribution in [1.29, 1.82) is 0 Å². The van der Waals surface area contributed by atoms with Gasteiger partial charge >= 0.3 is 0 Å². The zero-order chi connectivity index (χ0) is 11.6. The number of nitrogens with one attached hydrogen (secondary N) is 1. The summed E-state index contributed by atoms with van der Waals surface area (Å²) in [5.74, 6) is 0. The van der Waals surface area contributed by atoms with E-state index in [0.29, 0.717) is 25.4 Å². The molecule has 4 atom stereocenters. The van der Waals surface area contributed by atoms with Crippen molar-refractivity contribution in [3.05, 3.63) is 0 Å². The lowest BCUT2D eigenvalue weighted by molar-refractivity contribution is -0.0287. The van der Waals surface area contributed by atoms with E-state index in [-0.39, 0.29) is 6.10 Å². The molecular weight excluding hydrogens is 206 g/mol. The Bertz CT molecular complexity index is 236. The van der Waals surface area contributed by atoms with E-state index in [1.54, 1.807) is 0 Å². The fraction of sp³-hybridized carbons (Fsp3) is 1.00. The molecular formula is C12H23NO3. The average molecular weight is 229 g/mol. The zero-order valence-electron chi connectivity index (χ0n) is 10.2. The second-order valence-corrected chi connectivity index (χ2v) is 5.14. The summed E-state index contributed by atoms with van der Waals surface area (Å²) in [5, 5.41) is 13.6. The highest BCUT2D eigenvalue weighted by atomic mass is 16.5. The first-order valence-electron chi connectivity index (χ1n) is 6.30. The van der Waals surface area contributed by atoms with Crippen LogP contribution in [-0.4, -0.2) is 48.7 Å². The Labute approximate surface area is 97.3 Å². The molecule has 4 nitrogen and oxygen atoms in total. The molecule has 2 aliphatic heterocycles. The van der Waals surface area contributed by atoms with Crippen molar-refractivity contribution in [3.63, 3.8) is 0 Å². The van der Waals surface area contributed by atoms with Crippen LogP contribution in [0.5, 0.6) is 0 Å². The van der Waals surface area contributed by atoms with E-state index in [1.807, 2.05) is 6.92 Å². The first-order valence-corrected chi connectivity index (χ1v) is 6.30. The molecule has 0 aromatic heterocycles. The summed E-state index contributed by atoms with van der Waals surface area (Å²) in [7, 11) is 0. The summed E-state index contributed by atoms with van der Waals surface area (Å²) >= 11 is 0. The highest BCUT2D eigenvalue weighted by Gasteiger charge is 2.39. The highest BCUT2D eigenvalue weighted by molar-refractivity contribution is 4.91. The van der Waals surface area contributed by atoms with Crippen molar-refractivity contribution >= 4 is 0 Å². The Morgan fingerprint density at radius 3 is 2.75 bits per heavy atom. The number of hydrogen-bond donors (Lipinski definition) is 2. The molecule has 0 radical (unpaired) electrons. The molecule has 94 valence electrons. The molecule has 2 aliphatic rings. The molecule has 0 spiro atoms. The van der Waals surface area contributed by atoms with E-state index in [2.05, 4.69) is 12.2 Å². The van der Waals surface area contributed by atoms with Crippen molar-refractivity contribution < 1.29 is 14.6 Å². The van der Waals surface area contributed by atoms with Crippen LogP contribution in [0.2, 0.25) is 0 Å². The fourth-order valence-electron chi connectivity index (χ4n) is 2.49. The van der Waals surface area contributed by atoms with E-state index in [4.69, 9.17) is 9.47 Å². The molecule has 0 aromatic rings. The SMILES string of the molecule is CC1CCC(CNCC2(O)CCOC2C)O1. The maximum absolute atomic E-state index is 10.3. The van der Waals surface area contributed by atoms with Crippen LogP contribution in [0.25, 0.3) is 0 Å². The second-order valence-electron chi connectivity index (χ2n) is 5.14. The van der Waals surface area contributed by atoms with E-state index in [9.17, 15) is 5.11 Å². The summed E-state index contributed by atoms with van der Waals surface area (Å²) < 4.78 is 11.1. The van der Waals surface area contributed by atoms with Gasteiger partial charge in [-0.3, -0.25) is 0 Å². The molecule has 2 N–H and O–H groups in total. The van der Waals surface area contributed by atoms with Crippen LogP contribution in [-0.2, 0) is 9.47 Å². The van der Waals surface area contributed by atoms with E-state index >= 15 is 0 Å². The van der Waals surface area contributed by atoms with E-state index in [0.717, 1.165) is 25.8 Å². The molecule has 0 aliphatic carbocycles. The van der Waals surface area contributed by atoms with Gasteiger partial charge in [-0.05, 0) is 26.7 Å². The minimum atomic E-state index is -0.690. The van der Waals surface area contributed by atoms with Gasteiger partial charge in [0.2, 0.25) is 0 Å². The molecule has 2 heterocycles. The van der Waals surface area contributed by atoms with E-state index in [1.165, 1.54) is 0 Å². The minimum absolute atomic E-state index is 0.0663. The lowest BCUT2D eigenvalue weighted by Gasteiger charge is -2.27. The van der Waals surface area contributed by atoms with Crippen LogP contribution in [0.1, 0.15) is 33.1 Å². The second kappa shape index (κ2) is 5.00. The summed E-state index contributed by atoms with van der Waals surface area (Å²) in [6.45, 7) is 6.14. The van der Waals surface area contributed by atoms with Crippen LogP contribution in [0.15, 0.2) is 0 Å². The number of hydrogen-bond acceptors (Lipinski definition) is 4. The van der Waals surface area contributed by atoms with Gasteiger partial charge in [0.05, 0.1) is 18.3 Å². The van der Waals surface area contributed by atoms with Crippen molar-refractivity contribution in [2.24, 2.45) is 0 Å². The van der Waals surface area contributed by atoms with Gasteiger partial charge < -0.3 is 19.9 Å². The average Bonchev–Trinajstić information content (AvgIpc) is 2.76. The Morgan fingerprint density at radius 2 is 2.19 bits per heavy atom. The Balaban J connectivity index is 1.67. The third-order valence-corrected chi connectivity index (χ3v) is 3.78. The maximum Gasteiger partial charge on any atom is 0.105 e. The maximum atomic E-state index is 10.3. The van der Waals surface area contributed by atoms with Gasteiger partial charge in [0, 0.05) is 26.1 Å². The molecule has 2 saturated heterocycles. The van der Waals surface area contributed by atoms with Crippen LogP contribution < -0.4 is 5.32 Å². The standard InChI is InChI=1S/C12H23NO3/c1-9-3-4-11(16-9)7-13-8-12(14)5-6-15-10(12)2/h9-11,13-14H,3-8H2,1-2H3.